The Labute approximate surface area is 178 Å². The second kappa shape index (κ2) is 6.73. The molecule has 0 aromatic heterocycles. The van der Waals surface area contributed by atoms with Gasteiger partial charge in [-0.15, -0.1) is 0 Å². The van der Waals surface area contributed by atoms with Crippen LogP contribution in [0.15, 0.2) is 60.7 Å². The summed E-state index contributed by atoms with van der Waals surface area (Å²) < 4.78 is 0. The fraction of sp³-hybridized carbons (Fsp3) is 0.296. The second-order valence-corrected chi connectivity index (χ2v) is 8.99. The lowest BCUT2D eigenvalue weighted by molar-refractivity contribution is -0.122. The fourth-order valence-electron chi connectivity index (χ4n) is 5.22. The molecule has 2 aliphatic rings. The first-order chi connectivity index (χ1) is 14.4. The average molecular weight is 397 g/mol. The molecule has 0 unspecified atom stereocenters. The molecule has 152 valence electrons. The van der Waals surface area contributed by atoms with Crippen LogP contribution in [-0.2, 0) is 23.4 Å². The van der Waals surface area contributed by atoms with Crippen LogP contribution in [0, 0.1) is 20.8 Å². The van der Waals surface area contributed by atoms with Gasteiger partial charge < -0.3 is 9.80 Å². The molecule has 0 fully saturated rings. The van der Waals surface area contributed by atoms with E-state index in [4.69, 9.17) is 0 Å². The number of benzene rings is 3. The van der Waals surface area contributed by atoms with Crippen molar-refractivity contribution in [2.75, 3.05) is 16.3 Å². The maximum atomic E-state index is 13.5. The zero-order valence-corrected chi connectivity index (χ0v) is 18.2. The number of carbonyl (C=O) groups is 1. The molecular weight excluding hydrogens is 368 g/mol. The van der Waals surface area contributed by atoms with Gasteiger partial charge >= 0.3 is 0 Å². The van der Waals surface area contributed by atoms with E-state index >= 15 is 0 Å². The summed E-state index contributed by atoms with van der Waals surface area (Å²) in [5.41, 5.74) is 9.06. The van der Waals surface area contributed by atoms with Gasteiger partial charge in [0.1, 0.15) is 5.54 Å². The third-order valence-corrected chi connectivity index (χ3v) is 6.78. The van der Waals surface area contributed by atoms with Crippen LogP contribution in [-0.4, -0.2) is 12.3 Å². The maximum Gasteiger partial charge on any atom is 0.161 e. The molecule has 3 heteroatoms. The third-order valence-electron chi connectivity index (χ3n) is 6.78. The standard InChI is InChI=1S/C27H28N2O/c1-18-5-9-24(10-6-18)27(21(4)30)17-28-15-22-13-20(3)8-12-26(22)29(27)16-23-14-19(2)7-11-25(23)28/h5-14H,15-17H2,1-4H3/t27-/m1/s1. The first-order valence-corrected chi connectivity index (χ1v) is 10.7. The molecule has 0 amide bonds. The van der Waals surface area contributed by atoms with Crippen molar-refractivity contribution in [3.63, 3.8) is 0 Å². The van der Waals surface area contributed by atoms with Gasteiger partial charge in [0.05, 0.1) is 6.54 Å². The average Bonchev–Trinajstić information content (AvgIpc) is 2.92. The smallest absolute Gasteiger partial charge is 0.161 e. The SMILES string of the molecule is CC(=O)[C@@]1(c2ccc(C)cc2)CN2Cc3cc(C)ccc3N1Cc1cc(C)ccc12. The van der Waals surface area contributed by atoms with E-state index in [-0.39, 0.29) is 5.78 Å². The van der Waals surface area contributed by atoms with Crippen LogP contribution in [0.2, 0.25) is 0 Å². The molecule has 0 aliphatic carbocycles. The van der Waals surface area contributed by atoms with Gasteiger partial charge in [-0.25, -0.2) is 0 Å². The zero-order valence-electron chi connectivity index (χ0n) is 18.2. The van der Waals surface area contributed by atoms with Gasteiger partial charge in [-0.1, -0.05) is 65.2 Å². The van der Waals surface area contributed by atoms with E-state index in [0.29, 0.717) is 6.54 Å². The lowest BCUT2D eigenvalue weighted by atomic mass is 9.83. The first-order valence-electron chi connectivity index (χ1n) is 10.7. The topological polar surface area (TPSA) is 23.6 Å². The molecule has 0 spiro atoms. The largest absolute Gasteiger partial charge is 0.364 e. The van der Waals surface area contributed by atoms with Gasteiger partial charge in [0.25, 0.3) is 0 Å². The predicted molar refractivity (Wildman–Crippen MR) is 123 cm³/mol. The van der Waals surface area contributed by atoms with Crippen molar-refractivity contribution in [3.8, 4) is 0 Å². The Kier molecular flexibility index (Phi) is 4.25. The van der Waals surface area contributed by atoms with E-state index in [1.807, 2.05) is 0 Å². The number of carbonyl (C=O) groups excluding carboxylic acids is 1. The molecule has 0 saturated carbocycles. The van der Waals surface area contributed by atoms with Crippen molar-refractivity contribution in [1.29, 1.82) is 0 Å². The van der Waals surface area contributed by atoms with Gasteiger partial charge in [-0.3, -0.25) is 4.79 Å². The van der Waals surface area contributed by atoms with Crippen LogP contribution in [0.3, 0.4) is 0 Å². The molecule has 0 N–H and O–H groups in total. The van der Waals surface area contributed by atoms with Crippen molar-refractivity contribution in [3.05, 3.63) is 94.0 Å². The second-order valence-electron chi connectivity index (χ2n) is 8.99. The molecular formula is C27H28N2O. The van der Waals surface area contributed by atoms with Gasteiger partial charge in [-0.05, 0) is 56.5 Å². The number of anilines is 2. The van der Waals surface area contributed by atoms with Crippen molar-refractivity contribution in [2.45, 2.75) is 46.3 Å². The Hall–Kier alpha value is -3.07. The van der Waals surface area contributed by atoms with Crippen LogP contribution in [0.5, 0.6) is 0 Å². The normalized spacial score (nSPS) is 19.7. The van der Waals surface area contributed by atoms with Crippen LogP contribution in [0.4, 0.5) is 11.4 Å². The van der Waals surface area contributed by atoms with E-state index < -0.39 is 5.54 Å². The number of rotatable bonds is 2. The Bertz CT molecular complexity index is 1150. The third kappa shape index (κ3) is 2.76. The summed E-state index contributed by atoms with van der Waals surface area (Å²) in [7, 11) is 0. The highest BCUT2D eigenvalue weighted by atomic mass is 16.1. The summed E-state index contributed by atoms with van der Waals surface area (Å²) in [6, 6.07) is 21.9. The zero-order chi connectivity index (χ0) is 21.0. The molecule has 3 aromatic carbocycles. The van der Waals surface area contributed by atoms with Crippen LogP contribution in [0.1, 0.15) is 40.3 Å². The summed E-state index contributed by atoms with van der Waals surface area (Å²) in [5.74, 6) is 0.189. The van der Waals surface area contributed by atoms with Crippen molar-refractivity contribution in [1.82, 2.24) is 0 Å². The highest BCUT2D eigenvalue weighted by molar-refractivity contribution is 5.93. The molecule has 0 saturated heterocycles. The maximum absolute atomic E-state index is 13.5. The summed E-state index contributed by atoms with van der Waals surface area (Å²) in [4.78, 5) is 18.3. The quantitative estimate of drug-likeness (QED) is 0.576. The minimum Gasteiger partial charge on any atom is -0.364 e. The summed E-state index contributed by atoms with van der Waals surface area (Å²) in [6.45, 7) is 10.3. The lowest BCUT2D eigenvalue weighted by Gasteiger charge is -2.43. The molecule has 2 aliphatic heterocycles. The van der Waals surface area contributed by atoms with Gasteiger partial charge in [0, 0.05) is 24.5 Å². The van der Waals surface area contributed by atoms with E-state index in [2.05, 4.69) is 91.2 Å². The molecule has 5 rings (SSSR count). The van der Waals surface area contributed by atoms with Gasteiger partial charge in [0.15, 0.2) is 5.78 Å². The fourth-order valence-corrected chi connectivity index (χ4v) is 5.22. The van der Waals surface area contributed by atoms with E-state index in [9.17, 15) is 4.79 Å². The minimum absolute atomic E-state index is 0.189. The van der Waals surface area contributed by atoms with Crippen LogP contribution < -0.4 is 9.80 Å². The van der Waals surface area contributed by atoms with E-state index in [1.54, 1.807) is 6.92 Å². The molecule has 3 nitrogen and oxygen atoms in total. The Morgan fingerprint density at radius 2 is 1.33 bits per heavy atom. The highest BCUT2D eigenvalue weighted by Crippen LogP contribution is 2.46. The number of hydrogen-bond acceptors (Lipinski definition) is 3. The number of hydrogen-bond donors (Lipinski definition) is 0. The monoisotopic (exact) mass is 396 g/mol. The summed E-state index contributed by atoms with van der Waals surface area (Å²) in [5, 5.41) is 0. The number of fused-ring (bicyclic) bond motifs is 7. The Morgan fingerprint density at radius 1 is 0.767 bits per heavy atom. The number of Topliss-reactive ketones (excluding diaryl/α,β-unsaturated/α-hetero) is 1. The first kappa shape index (κ1) is 18.9. The van der Waals surface area contributed by atoms with Crippen LogP contribution >= 0.6 is 0 Å². The minimum atomic E-state index is -0.721. The van der Waals surface area contributed by atoms with Crippen molar-refractivity contribution >= 4 is 17.2 Å². The molecule has 3 aromatic rings. The molecule has 2 bridgehead atoms. The molecule has 30 heavy (non-hydrogen) atoms. The van der Waals surface area contributed by atoms with E-state index in [1.165, 1.54) is 39.2 Å². The molecule has 2 heterocycles. The van der Waals surface area contributed by atoms with Gasteiger partial charge in [-0.2, -0.15) is 0 Å². The van der Waals surface area contributed by atoms with Crippen molar-refractivity contribution in [2.24, 2.45) is 0 Å². The van der Waals surface area contributed by atoms with Crippen LogP contribution in [0.25, 0.3) is 0 Å². The number of nitrogens with zero attached hydrogens (tertiary/aromatic N) is 2. The molecule has 1 atom stereocenters. The van der Waals surface area contributed by atoms with Crippen molar-refractivity contribution < 1.29 is 4.79 Å². The highest BCUT2D eigenvalue weighted by Gasteiger charge is 2.49. The predicted octanol–water partition coefficient (Wildman–Crippen LogP) is 5.44. The Balaban J connectivity index is 1.82. The Morgan fingerprint density at radius 3 is 1.97 bits per heavy atom. The molecule has 0 radical (unpaired) electrons. The lowest BCUT2D eigenvalue weighted by Crippen LogP contribution is -2.55. The van der Waals surface area contributed by atoms with E-state index in [0.717, 1.165) is 18.7 Å². The summed E-state index contributed by atoms with van der Waals surface area (Å²) >= 11 is 0. The number of ketones is 1. The summed E-state index contributed by atoms with van der Waals surface area (Å²) in [6.07, 6.45) is 0. The number of aryl methyl sites for hydroxylation is 3. The van der Waals surface area contributed by atoms with Gasteiger partial charge in [0.2, 0.25) is 0 Å².